The smallest absolute Gasteiger partial charge is 0.0976 e. The summed E-state index contributed by atoms with van der Waals surface area (Å²) >= 11 is 1.80. The molecule has 2 aliphatic rings. The minimum Gasteiger partial charge on any atom is -0.366 e. The molecule has 5 rings (SSSR count). The number of hydrogen-bond donors (Lipinski definition) is 0. The van der Waals surface area contributed by atoms with Crippen LogP contribution in [0.1, 0.15) is 71.3 Å². The Balaban J connectivity index is 0.00000259. The molecule has 1 saturated carbocycles. The molecule has 1 heterocycles. The predicted octanol–water partition coefficient (Wildman–Crippen LogP) is 7.50. The molecule has 3 aromatic rings. The van der Waals surface area contributed by atoms with E-state index in [0.717, 1.165) is 24.3 Å². The summed E-state index contributed by atoms with van der Waals surface area (Å²) in [5, 5.41) is 3.45. The van der Waals surface area contributed by atoms with Crippen LogP contribution in [0, 0.1) is 6.92 Å². The molecule has 0 bridgehead atoms. The number of thiazole rings is 1. The molecule has 0 radical (unpaired) electrons. The second-order valence-electron chi connectivity index (χ2n) is 9.42. The van der Waals surface area contributed by atoms with E-state index in [-0.39, 0.29) is 12.4 Å². The lowest BCUT2D eigenvalue weighted by Crippen LogP contribution is -2.14. The number of aryl methyl sites for hydroxylation is 3. The number of rotatable bonds is 7. The topological polar surface area (TPSA) is 28.5 Å². The van der Waals surface area contributed by atoms with Crippen molar-refractivity contribution in [3.63, 3.8) is 0 Å². The number of halogens is 1. The third-order valence-electron chi connectivity index (χ3n) is 6.91. The molecule has 0 aliphatic heterocycles. The molecule has 3 nitrogen and oxygen atoms in total. The van der Waals surface area contributed by atoms with Crippen LogP contribution in [0.4, 0.5) is 5.69 Å². The maximum Gasteiger partial charge on any atom is 0.0976 e. The fraction of sp³-hybridized carbons (Fsp3) is 0.429. The third kappa shape index (κ3) is 5.50. The fourth-order valence-corrected chi connectivity index (χ4v) is 5.49. The molecule has 1 aromatic heterocycles. The standard InChI is InChI=1S/C28H33N3S.ClH/c1-4-31(3)18-29-26-16-25(21-10-11-21)24(13-19(26)2)15-28-30-27(17-32-28)23-12-9-20-7-5-6-8-22(20)14-23;/h9,12-14,16-18,21H,4-8,10-11,15H2,1-3H3;1H. The highest BCUT2D eigenvalue weighted by molar-refractivity contribution is 7.10. The van der Waals surface area contributed by atoms with Gasteiger partial charge in [0, 0.05) is 31.0 Å². The van der Waals surface area contributed by atoms with Crippen LogP contribution >= 0.6 is 23.7 Å². The van der Waals surface area contributed by atoms with Crippen LogP contribution in [0.15, 0.2) is 40.7 Å². The van der Waals surface area contributed by atoms with Crippen molar-refractivity contribution in [2.45, 2.75) is 64.7 Å². The lowest BCUT2D eigenvalue weighted by atomic mass is 9.90. The molecule has 0 N–H and O–H groups in total. The second-order valence-corrected chi connectivity index (χ2v) is 10.4. The highest BCUT2D eigenvalue weighted by Crippen LogP contribution is 2.44. The molecular formula is C28H34ClN3S. The van der Waals surface area contributed by atoms with E-state index in [1.807, 2.05) is 6.34 Å². The quantitative estimate of drug-likeness (QED) is 0.259. The van der Waals surface area contributed by atoms with Gasteiger partial charge in [-0.1, -0.05) is 18.2 Å². The molecule has 1 fully saturated rings. The van der Waals surface area contributed by atoms with Crippen LogP contribution < -0.4 is 0 Å². The van der Waals surface area contributed by atoms with Crippen molar-refractivity contribution in [2.75, 3.05) is 13.6 Å². The Labute approximate surface area is 208 Å². The molecule has 33 heavy (non-hydrogen) atoms. The maximum absolute atomic E-state index is 5.05. The largest absolute Gasteiger partial charge is 0.366 e. The third-order valence-corrected chi connectivity index (χ3v) is 7.75. The Morgan fingerprint density at radius 2 is 1.91 bits per heavy atom. The first-order valence-corrected chi connectivity index (χ1v) is 12.9. The van der Waals surface area contributed by atoms with E-state index in [9.17, 15) is 0 Å². The Hall–Kier alpha value is -2.17. The molecule has 2 aromatic carbocycles. The van der Waals surface area contributed by atoms with Gasteiger partial charge in [-0.25, -0.2) is 9.98 Å². The minimum atomic E-state index is 0. The average Bonchev–Trinajstić information content (AvgIpc) is 3.55. The van der Waals surface area contributed by atoms with Gasteiger partial charge in [-0.15, -0.1) is 23.7 Å². The fourth-order valence-electron chi connectivity index (χ4n) is 4.66. The Kier molecular flexibility index (Phi) is 7.55. The molecular weight excluding hydrogens is 446 g/mol. The van der Waals surface area contributed by atoms with Gasteiger partial charge in [0.05, 0.1) is 22.7 Å². The Morgan fingerprint density at radius 1 is 1.12 bits per heavy atom. The van der Waals surface area contributed by atoms with Crippen LogP contribution in [0.25, 0.3) is 11.3 Å². The van der Waals surface area contributed by atoms with Crippen LogP contribution in [-0.4, -0.2) is 29.8 Å². The number of nitrogens with zero attached hydrogens (tertiary/aromatic N) is 3. The van der Waals surface area contributed by atoms with E-state index in [1.165, 1.54) is 76.9 Å². The molecule has 0 unspecified atom stereocenters. The van der Waals surface area contributed by atoms with E-state index in [2.05, 4.69) is 61.5 Å². The molecule has 0 saturated heterocycles. The van der Waals surface area contributed by atoms with Gasteiger partial charge in [0.2, 0.25) is 0 Å². The Morgan fingerprint density at radius 3 is 2.67 bits per heavy atom. The second kappa shape index (κ2) is 10.4. The summed E-state index contributed by atoms with van der Waals surface area (Å²) in [5.41, 5.74) is 10.7. The van der Waals surface area contributed by atoms with E-state index in [4.69, 9.17) is 9.98 Å². The van der Waals surface area contributed by atoms with Gasteiger partial charge < -0.3 is 4.90 Å². The summed E-state index contributed by atoms with van der Waals surface area (Å²) in [6.45, 7) is 5.29. The monoisotopic (exact) mass is 479 g/mol. The van der Waals surface area contributed by atoms with Crippen molar-refractivity contribution >= 4 is 35.8 Å². The van der Waals surface area contributed by atoms with Gasteiger partial charge in [-0.2, -0.15) is 0 Å². The SMILES string of the molecule is CCN(C)C=Nc1cc(C2CC2)c(Cc2nc(-c3ccc4c(c3)CCCC4)cs2)cc1C.Cl. The van der Waals surface area contributed by atoms with Crippen molar-refractivity contribution in [2.24, 2.45) is 4.99 Å². The first kappa shape index (κ1) is 24.0. The predicted molar refractivity (Wildman–Crippen MR) is 144 cm³/mol. The van der Waals surface area contributed by atoms with Gasteiger partial charge in [-0.05, 0) is 98.2 Å². The summed E-state index contributed by atoms with van der Waals surface area (Å²) < 4.78 is 0. The van der Waals surface area contributed by atoms with Crippen LogP contribution in [0.3, 0.4) is 0 Å². The highest BCUT2D eigenvalue weighted by Gasteiger charge is 2.27. The van der Waals surface area contributed by atoms with Gasteiger partial charge >= 0.3 is 0 Å². The molecule has 0 atom stereocenters. The average molecular weight is 480 g/mol. The van der Waals surface area contributed by atoms with Crippen molar-refractivity contribution in [1.29, 1.82) is 0 Å². The highest BCUT2D eigenvalue weighted by atomic mass is 35.5. The van der Waals surface area contributed by atoms with E-state index in [1.54, 1.807) is 11.3 Å². The lowest BCUT2D eigenvalue weighted by molar-refractivity contribution is 0.552. The summed E-state index contributed by atoms with van der Waals surface area (Å²) in [7, 11) is 2.07. The maximum atomic E-state index is 5.05. The summed E-state index contributed by atoms with van der Waals surface area (Å²) in [6, 6.07) is 11.7. The Bertz CT molecular complexity index is 1150. The van der Waals surface area contributed by atoms with Gasteiger partial charge in [0.15, 0.2) is 0 Å². The van der Waals surface area contributed by atoms with Crippen molar-refractivity contribution < 1.29 is 0 Å². The van der Waals surface area contributed by atoms with Gasteiger partial charge in [0.25, 0.3) is 0 Å². The number of hydrogen-bond acceptors (Lipinski definition) is 3. The van der Waals surface area contributed by atoms with Crippen molar-refractivity contribution in [3.05, 3.63) is 68.5 Å². The molecule has 2 aliphatic carbocycles. The molecule has 0 spiro atoms. The van der Waals surface area contributed by atoms with Crippen LogP contribution in [-0.2, 0) is 19.3 Å². The first-order chi connectivity index (χ1) is 15.6. The molecule has 0 amide bonds. The van der Waals surface area contributed by atoms with Crippen LogP contribution in [0.5, 0.6) is 0 Å². The van der Waals surface area contributed by atoms with Gasteiger partial charge in [-0.3, -0.25) is 0 Å². The van der Waals surface area contributed by atoms with Crippen LogP contribution in [0.2, 0.25) is 0 Å². The first-order valence-electron chi connectivity index (χ1n) is 12.0. The normalized spacial score (nSPS) is 15.4. The zero-order valence-corrected chi connectivity index (χ0v) is 21.6. The van der Waals surface area contributed by atoms with Gasteiger partial charge in [0.1, 0.15) is 0 Å². The summed E-state index contributed by atoms with van der Waals surface area (Å²) in [5.74, 6) is 0.698. The number of aromatic nitrogens is 1. The van der Waals surface area contributed by atoms with E-state index in [0.29, 0.717) is 5.92 Å². The van der Waals surface area contributed by atoms with Crippen molar-refractivity contribution in [3.8, 4) is 11.3 Å². The number of fused-ring (bicyclic) bond motifs is 1. The van der Waals surface area contributed by atoms with E-state index < -0.39 is 0 Å². The minimum absolute atomic E-state index is 0. The lowest BCUT2D eigenvalue weighted by Gasteiger charge is -2.16. The summed E-state index contributed by atoms with van der Waals surface area (Å²) in [4.78, 5) is 11.9. The summed E-state index contributed by atoms with van der Waals surface area (Å²) in [6.07, 6.45) is 10.6. The molecule has 5 heteroatoms. The number of benzene rings is 2. The number of aliphatic imine (C=N–C) groups is 1. The van der Waals surface area contributed by atoms with Crippen molar-refractivity contribution in [1.82, 2.24) is 9.88 Å². The van der Waals surface area contributed by atoms with E-state index >= 15 is 0 Å². The zero-order valence-electron chi connectivity index (χ0n) is 19.9. The zero-order chi connectivity index (χ0) is 22.1. The molecule has 174 valence electrons.